The molecule has 1 aromatic carbocycles. The number of carbonyl (C=O) groups is 1. The lowest BCUT2D eigenvalue weighted by Crippen LogP contribution is -2.45. The Bertz CT molecular complexity index is 466. The molecule has 128 valence electrons. The van der Waals surface area contributed by atoms with Crippen LogP contribution in [0.1, 0.15) is 40.5 Å². The van der Waals surface area contributed by atoms with Gasteiger partial charge in [-0.3, -0.25) is 4.79 Å². The van der Waals surface area contributed by atoms with Crippen LogP contribution in [0.25, 0.3) is 0 Å². The molecule has 3 heteroatoms. The molecular weight excluding hydrogens is 284 g/mol. The monoisotopic (exact) mass is 316 g/mol. The summed E-state index contributed by atoms with van der Waals surface area (Å²) in [5.41, 5.74) is 1.28. The normalized spacial score (nSPS) is 16.2. The molecule has 1 saturated heterocycles. The van der Waals surface area contributed by atoms with E-state index in [2.05, 4.69) is 67.8 Å². The second-order valence-electron chi connectivity index (χ2n) is 7.63. The Morgan fingerprint density at radius 2 is 1.57 bits per heavy atom. The van der Waals surface area contributed by atoms with E-state index in [0.717, 1.165) is 39.0 Å². The van der Waals surface area contributed by atoms with Gasteiger partial charge in [0.15, 0.2) is 0 Å². The van der Waals surface area contributed by atoms with Gasteiger partial charge in [-0.15, -0.1) is 0 Å². The fraction of sp³-hybridized carbons (Fsp3) is 0.650. The molecule has 1 aliphatic heterocycles. The number of hydrogen-bond donors (Lipinski definition) is 0. The third-order valence-corrected chi connectivity index (χ3v) is 4.45. The van der Waals surface area contributed by atoms with Crippen molar-refractivity contribution >= 4 is 11.6 Å². The van der Waals surface area contributed by atoms with Gasteiger partial charge in [-0.05, 0) is 36.8 Å². The van der Waals surface area contributed by atoms with Crippen molar-refractivity contribution in [3.63, 3.8) is 0 Å². The Hall–Kier alpha value is -1.51. The van der Waals surface area contributed by atoms with Crippen molar-refractivity contribution in [2.24, 2.45) is 17.8 Å². The van der Waals surface area contributed by atoms with Crippen LogP contribution in [-0.4, -0.2) is 37.0 Å². The van der Waals surface area contributed by atoms with Crippen LogP contribution in [0.5, 0.6) is 0 Å². The van der Waals surface area contributed by atoms with Crippen molar-refractivity contribution in [1.29, 1.82) is 0 Å². The van der Waals surface area contributed by atoms with Crippen LogP contribution in [0.3, 0.4) is 0 Å². The Morgan fingerprint density at radius 3 is 2.04 bits per heavy atom. The number of para-hydroxylation sites is 1. The fourth-order valence-electron chi connectivity index (χ4n) is 3.42. The van der Waals surface area contributed by atoms with Crippen LogP contribution in [0, 0.1) is 17.8 Å². The van der Waals surface area contributed by atoms with Crippen LogP contribution in [-0.2, 0) is 4.79 Å². The average Bonchev–Trinajstić information content (AvgIpc) is 2.54. The molecule has 0 aliphatic carbocycles. The zero-order valence-corrected chi connectivity index (χ0v) is 15.2. The highest BCUT2D eigenvalue weighted by Crippen LogP contribution is 2.25. The third kappa shape index (κ3) is 5.26. The van der Waals surface area contributed by atoms with E-state index in [1.807, 2.05) is 0 Å². The van der Waals surface area contributed by atoms with Gasteiger partial charge < -0.3 is 9.80 Å². The first kappa shape index (κ1) is 17.8. The minimum absolute atomic E-state index is 0.201. The maximum absolute atomic E-state index is 12.9. The van der Waals surface area contributed by atoms with Crippen molar-refractivity contribution in [3.05, 3.63) is 30.3 Å². The number of hydrogen-bond acceptors (Lipinski definition) is 2. The number of amides is 1. The predicted molar refractivity (Wildman–Crippen MR) is 97.6 cm³/mol. The quantitative estimate of drug-likeness (QED) is 0.790. The van der Waals surface area contributed by atoms with Gasteiger partial charge in [-0.2, -0.15) is 0 Å². The largest absolute Gasteiger partial charge is 0.371 e. The maximum Gasteiger partial charge on any atom is 0.225 e. The van der Waals surface area contributed by atoms with E-state index in [1.165, 1.54) is 5.69 Å². The molecule has 0 aromatic heterocycles. The van der Waals surface area contributed by atoms with Gasteiger partial charge in [0.1, 0.15) is 0 Å². The van der Waals surface area contributed by atoms with Gasteiger partial charge in [0, 0.05) is 37.8 Å². The summed E-state index contributed by atoms with van der Waals surface area (Å²) in [4.78, 5) is 17.4. The van der Waals surface area contributed by atoms with E-state index in [4.69, 9.17) is 0 Å². The smallest absolute Gasteiger partial charge is 0.225 e. The van der Waals surface area contributed by atoms with E-state index in [1.54, 1.807) is 0 Å². The second-order valence-corrected chi connectivity index (χ2v) is 7.63. The first-order chi connectivity index (χ1) is 11.0. The Kier molecular flexibility index (Phi) is 6.49. The van der Waals surface area contributed by atoms with Gasteiger partial charge in [0.25, 0.3) is 0 Å². The first-order valence-corrected chi connectivity index (χ1v) is 9.06. The molecule has 0 saturated carbocycles. The van der Waals surface area contributed by atoms with Crippen molar-refractivity contribution < 1.29 is 4.79 Å². The van der Waals surface area contributed by atoms with Crippen LogP contribution < -0.4 is 4.90 Å². The molecule has 1 amide bonds. The number of benzene rings is 1. The topological polar surface area (TPSA) is 23.6 Å². The van der Waals surface area contributed by atoms with E-state index in [0.29, 0.717) is 17.7 Å². The molecule has 1 aliphatic rings. The Labute approximate surface area is 141 Å². The van der Waals surface area contributed by atoms with Crippen LogP contribution >= 0.6 is 0 Å². The summed E-state index contributed by atoms with van der Waals surface area (Å²) in [6.07, 6.45) is 1.95. The van der Waals surface area contributed by atoms with Crippen molar-refractivity contribution in [1.82, 2.24) is 4.90 Å². The molecule has 1 aromatic rings. The predicted octanol–water partition coefficient (Wildman–Crippen LogP) is 4.04. The summed E-state index contributed by atoms with van der Waals surface area (Å²) in [6, 6.07) is 10.5. The van der Waals surface area contributed by atoms with Crippen LogP contribution in [0.15, 0.2) is 30.3 Å². The standard InChI is InChI=1S/C20H32N2O/c1-16(2)14-22(15-17(3)4)20(23)18-10-12-21(13-11-18)19-8-6-5-7-9-19/h5-9,16-18H,10-15H2,1-4H3. The number of nitrogens with zero attached hydrogens (tertiary/aromatic N) is 2. The van der Waals surface area contributed by atoms with Crippen LogP contribution in [0.4, 0.5) is 5.69 Å². The minimum atomic E-state index is 0.201. The van der Waals surface area contributed by atoms with Crippen molar-refractivity contribution in [2.75, 3.05) is 31.1 Å². The van der Waals surface area contributed by atoms with Gasteiger partial charge in [-0.1, -0.05) is 45.9 Å². The summed E-state index contributed by atoms with van der Waals surface area (Å²) >= 11 is 0. The second kappa shape index (κ2) is 8.37. The number of anilines is 1. The summed E-state index contributed by atoms with van der Waals surface area (Å²) in [5, 5.41) is 0. The van der Waals surface area contributed by atoms with Gasteiger partial charge in [0.05, 0.1) is 0 Å². The first-order valence-electron chi connectivity index (χ1n) is 9.06. The SMILES string of the molecule is CC(C)CN(CC(C)C)C(=O)C1CCN(c2ccccc2)CC1. The molecule has 0 bridgehead atoms. The van der Waals surface area contributed by atoms with E-state index in [-0.39, 0.29) is 5.92 Å². The lowest BCUT2D eigenvalue weighted by Gasteiger charge is -2.36. The van der Waals surface area contributed by atoms with Crippen molar-refractivity contribution in [2.45, 2.75) is 40.5 Å². The number of rotatable bonds is 6. The molecule has 2 rings (SSSR count). The van der Waals surface area contributed by atoms with Gasteiger partial charge in [-0.25, -0.2) is 0 Å². The summed E-state index contributed by atoms with van der Waals surface area (Å²) < 4.78 is 0. The highest BCUT2D eigenvalue weighted by molar-refractivity contribution is 5.79. The molecule has 0 atom stereocenters. The molecule has 3 nitrogen and oxygen atoms in total. The van der Waals surface area contributed by atoms with E-state index >= 15 is 0 Å². The molecule has 0 unspecified atom stereocenters. The number of carbonyl (C=O) groups excluding carboxylic acids is 1. The summed E-state index contributed by atoms with van der Waals surface area (Å²) in [7, 11) is 0. The molecule has 0 spiro atoms. The average molecular weight is 316 g/mol. The molecule has 0 N–H and O–H groups in total. The maximum atomic E-state index is 12.9. The molecule has 23 heavy (non-hydrogen) atoms. The highest BCUT2D eigenvalue weighted by Gasteiger charge is 2.29. The van der Waals surface area contributed by atoms with Gasteiger partial charge >= 0.3 is 0 Å². The van der Waals surface area contributed by atoms with E-state index in [9.17, 15) is 4.79 Å². The Balaban J connectivity index is 1.93. The van der Waals surface area contributed by atoms with Crippen LogP contribution in [0.2, 0.25) is 0 Å². The molecular formula is C20H32N2O. The number of piperidine rings is 1. The summed E-state index contributed by atoms with van der Waals surface area (Å²) in [5.74, 6) is 1.64. The zero-order valence-electron chi connectivity index (χ0n) is 15.2. The zero-order chi connectivity index (χ0) is 16.8. The lowest BCUT2D eigenvalue weighted by atomic mass is 9.94. The summed E-state index contributed by atoms with van der Waals surface area (Å²) in [6.45, 7) is 12.5. The highest BCUT2D eigenvalue weighted by atomic mass is 16.2. The van der Waals surface area contributed by atoms with Gasteiger partial charge in [0.2, 0.25) is 5.91 Å². The molecule has 1 heterocycles. The lowest BCUT2D eigenvalue weighted by molar-refractivity contribution is -0.137. The molecule has 1 fully saturated rings. The minimum Gasteiger partial charge on any atom is -0.371 e. The fourth-order valence-corrected chi connectivity index (χ4v) is 3.42. The van der Waals surface area contributed by atoms with E-state index < -0.39 is 0 Å². The van der Waals surface area contributed by atoms with Crippen molar-refractivity contribution in [3.8, 4) is 0 Å². The Morgan fingerprint density at radius 1 is 1.04 bits per heavy atom. The third-order valence-electron chi connectivity index (χ3n) is 4.45. The molecule has 0 radical (unpaired) electrons.